The van der Waals surface area contributed by atoms with Gasteiger partial charge in [-0.3, -0.25) is 9.40 Å². The molecule has 108 valence electrons. The predicted octanol–water partition coefficient (Wildman–Crippen LogP) is 2.80. The van der Waals surface area contributed by atoms with Crippen molar-refractivity contribution in [3.05, 3.63) is 40.2 Å². The van der Waals surface area contributed by atoms with Gasteiger partial charge in [-0.25, -0.2) is 8.42 Å². The lowest BCUT2D eigenvalue weighted by Crippen LogP contribution is -2.15. The first-order valence-corrected chi connectivity index (χ1v) is 7.87. The van der Waals surface area contributed by atoms with Crippen LogP contribution in [-0.2, 0) is 17.1 Å². The molecule has 1 heterocycles. The number of nitrogens with one attached hydrogen (secondary N) is 1. The largest absolute Gasteiger partial charge is 0.278 e. The molecule has 0 aliphatic rings. The Kier molecular flexibility index (Phi) is 3.80. The van der Waals surface area contributed by atoms with E-state index < -0.39 is 10.0 Å². The Morgan fingerprint density at radius 3 is 2.40 bits per heavy atom. The van der Waals surface area contributed by atoms with Gasteiger partial charge in [0.25, 0.3) is 10.0 Å². The molecule has 0 unspecified atom stereocenters. The molecule has 0 aliphatic heterocycles. The number of rotatable bonds is 3. The Balaban J connectivity index is 2.46. The van der Waals surface area contributed by atoms with Crippen LogP contribution in [0.25, 0.3) is 0 Å². The Hall–Kier alpha value is -1.53. The van der Waals surface area contributed by atoms with Crippen LogP contribution in [0.3, 0.4) is 0 Å². The minimum atomic E-state index is -3.71. The van der Waals surface area contributed by atoms with Crippen molar-refractivity contribution in [1.82, 2.24) is 9.78 Å². The van der Waals surface area contributed by atoms with Crippen molar-refractivity contribution >= 4 is 27.3 Å². The molecule has 20 heavy (non-hydrogen) atoms. The third-order valence-corrected chi connectivity index (χ3v) is 5.01. The van der Waals surface area contributed by atoms with Gasteiger partial charge in [-0.05, 0) is 38.5 Å². The second kappa shape index (κ2) is 5.10. The third-order valence-electron chi connectivity index (χ3n) is 3.08. The number of aromatic nitrogens is 2. The van der Waals surface area contributed by atoms with Gasteiger partial charge in [0.1, 0.15) is 4.90 Å². The molecule has 0 saturated heterocycles. The van der Waals surface area contributed by atoms with Gasteiger partial charge in [0, 0.05) is 7.05 Å². The highest BCUT2D eigenvalue weighted by Gasteiger charge is 2.24. The van der Waals surface area contributed by atoms with Crippen molar-refractivity contribution in [2.75, 3.05) is 4.72 Å². The number of aryl methyl sites for hydroxylation is 3. The van der Waals surface area contributed by atoms with E-state index in [1.807, 2.05) is 6.92 Å². The van der Waals surface area contributed by atoms with E-state index in [4.69, 9.17) is 11.6 Å². The normalized spacial score (nSPS) is 11.7. The predicted molar refractivity (Wildman–Crippen MR) is 79.7 cm³/mol. The highest BCUT2D eigenvalue weighted by molar-refractivity contribution is 7.92. The summed E-state index contributed by atoms with van der Waals surface area (Å²) in [5, 5.41) is 4.49. The molecule has 2 aromatic rings. The highest BCUT2D eigenvalue weighted by Crippen LogP contribution is 2.27. The molecule has 0 amide bonds. The van der Waals surface area contributed by atoms with Crippen LogP contribution in [0.5, 0.6) is 0 Å². The summed E-state index contributed by atoms with van der Waals surface area (Å²) in [6.45, 7) is 5.27. The Morgan fingerprint density at radius 1 is 1.25 bits per heavy atom. The van der Waals surface area contributed by atoms with Crippen LogP contribution in [0.4, 0.5) is 5.69 Å². The SMILES string of the molecule is Cc1ccc(NS(=O)(=O)c2c(C)nn(C)c2C)c(Cl)c1. The molecule has 0 radical (unpaired) electrons. The van der Waals surface area contributed by atoms with Crippen LogP contribution in [0.15, 0.2) is 23.1 Å². The van der Waals surface area contributed by atoms with Crippen molar-refractivity contribution in [1.29, 1.82) is 0 Å². The fourth-order valence-corrected chi connectivity index (χ4v) is 3.90. The van der Waals surface area contributed by atoms with E-state index in [0.29, 0.717) is 22.1 Å². The Labute approximate surface area is 123 Å². The third kappa shape index (κ3) is 2.66. The Morgan fingerprint density at radius 2 is 1.90 bits per heavy atom. The van der Waals surface area contributed by atoms with Crippen LogP contribution in [-0.4, -0.2) is 18.2 Å². The van der Waals surface area contributed by atoms with Crippen LogP contribution in [0, 0.1) is 20.8 Å². The van der Waals surface area contributed by atoms with Gasteiger partial charge >= 0.3 is 0 Å². The quantitative estimate of drug-likeness (QED) is 0.947. The van der Waals surface area contributed by atoms with E-state index in [1.54, 1.807) is 43.8 Å². The summed E-state index contributed by atoms with van der Waals surface area (Å²) in [4.78, 5) is 0.191. The van der Waals surface area contributed by atoms with E-state index >= 15 is 0 Å². The van der Waals surface area contributed by atoms with Gasteiger partial charge in [-0.15, -0.1) is 0 Å². The summed E-state index contributed by atoms with van der Waals surface area (Å²) in [5.41, 5.74) is 2.37. The molecular formula is C13H16ClN3O2S. The van der Waals surface area contributed by atoms with Crippen LogP contribution >= 0.6 is 11.6 Å². The molecular weight excluding hydrogens is 298 g/mol. The number of hydrogen-bond donors (Lipinski definition) is 1. The molecule has 0 bridgehead atoms. The van der Waals surface area contributed by atoms with E-state index in [0.717, 1.165) is 5.56 Å². The molecule has 0 fully saturated rings. The van der Waals surface area contributed by atoms with E-state index in [2.05, 4.69) is 9.82 Å². The first-order chi connectivity index (χ1) is 9.22. The summed E-state index contributed by atoms with van der Waals surface area (Å²) in [7, 11) is -2.00. The van der Waals surface area contributed by atoms with Crippen molar-refractivity contribution < 1.29 is 8.42 Å². The average Bonchev–Trinajstić information content (AvgIpc) is 2.57. The lowest BCUT2D eigenvalue weighted by Gasteiger charge is -2.10. The molecule has 0 aliphatic carbocycles. The monoisotopic (exact) mass is 313 g/mol. The topological polar surface area (TPSA) is 64.0 Å². The van der Waals surface area contributed by atoms with Crippen molar-refractivity contribution in [3.63, 3.8) is 0 Å². The van der Waals surface area contributed by atoms with Crippen molar-refractivity contribution in [3.8, 4) is 0 Å². The standard InChI is InChI=1S/C13H16ClN3O2S/c1-8-5-6-12(11(14)7-8)16-20(18,19)13-9(2)15-17(4)10(13)3/h5-7,16H,1-4H3. The van der Waals surface area contributed by atoms with Crippen LogP contribution in [0.2, 0.25) is 5.02 Å². The number of anilines is 1. The second-order valence-electron chi connectivity index (χ2n) is 4.71. The summed E-state index contributed by atoms with van der Waals surface area (Å²) < 4.78 is 29.0. The maximum Gasteiger partial charge on any atom is 0.265 e. The van der Waals surface area contributed by atoms with Crippen molar-refractivity contribution in [2.45, 2.75) is 25.7 Å². The van der Waals surface area contributed by atoms with Crippen LogP contribution in [0.1, 0.15) is 17.0 Å². The summed E-state index contributed by atoms with van der Waals surface area (Å²) in [6.07, 6.45) is 0. The number of benzene rings is 1. The van der Waals surface area contributed by atoms with E-state index in [1.165, 1.54) is 0 Å². The molecule has 0 atom stereocenters. The molecule has 1 aromatic heterocycles. The minimum absolute atomic E-state index is 0.191. The first-order valence-electron chi connectivity index (χ1n) is 6.01. The second-order valence-corrected chi connectivity index (χ2v) is 6.74. The molecule has 0 saturated carbocycles. The minimum Gasteiger partial charge on any atom is -0.278 e. The molecule has 0 spiro atoms. The molecule has 5 nitrogen and oxygen atoms in total. The fourth-order valence-electron chi connectivity index (χ4n) is 2.04. The van der Waals surface area contributed by atoms with E-state index in [-0.39, 0.29) is 4.90 Å². The van der Waals surface area contributed by atoms with Gasteiger partial charge in [-0.1, -0.05) is 17.7 Å². The number of halogens is 1. The highest BCUT2D eigenvalue weighted by atomic mass is 35.5. The Bertz CT molecular complexity index is 766. The van der Waals surface area contributed by atoms with Gasteiger partial charge < -0.3 is 0 Å². The summed E-state index contributed by atoms with van der Waals surface area (Å²) in [6, 6.07) is 5.16. The maximum absolute atomic E-state index is 12.5. The van der Waals surface area contributed by atoms with E-state index in [9.17, 15) is 8.42 Å². The zero-order valence-corrected chi connectivity index (χ0v) is 13.3. The molecule has 1 aromatic carbocycles. The van der Waals surface area contributed by atoms with Crippen molar-refractivity contribution in [2.24, 2.45) is 7.05 Å². The average molecular weight is 314 g/mol. The number of nitrogens with zero attached hydrogens (tertiary/aromatic N) is 2. The molecule has 7 heteroatoms. The summed E-state index contributed by atoms with van der Waals surface area (Å²) in [5.74, 6) is 0. The molecule has 2 rings (SSSR count). The van der Waals surface area contributed by atoms with Gasteiger partial charge in [0.2, 0.25) is 0 Å². The van der Waals surface area contributed by atoms with Gasteiger partial charge in [-0.2, -0.15) is 5.10 Å². The lowest BCUT2D eigenvalue weighted by atomic mass is 10.2. The zero-order chi connectivity index (χ0) is 15.1. The van der Waals surface area contributed by atoms with Crippen LogP contribution < -0.4 is 4.72 Å². The fraction of sp³-hybridized carbons (Fsp3) is 0.308. The number of sulfonamides is 1. The first kappa shape index (κ1) is 14.9. The van der Waals surface area contributed by atoms with Gasteiger partial charge in [0.15, 0.2) is 0 Å². The number of hydrogen-bond acceptors (Lipinski definition) is 3. The smallest absolute Gasteiger partial charge is 0.265 e. The van der Waals surface area contributed by atoms with Gasteiger partial charge in [0.05, 0.1) is 22.1 Å². The lowest BCUT2D eigenvalue weighted by molar-refractivity contribution is 0.599. The zero-order valence-electron chi connectivity index (χ0n) is 11.7. The summed E-state index contributed by atoms with van der Waals surface area (Å²) >= 11 is 6.06. The maximum atomic E-state index is 12.5. The molecule has 1 N–H and O–H groups in total.